The third-order valence-electron chi connectivity index (χ3n) is 3.95. The largest absolute Gasteiger partial charge is 0.383 e. The molecule has 0 aromatic heterocycles. The lowest BCUT2D eigenvalue weighted by atomic mass is 10.1. The second-order valence-corrected chi connectivity index (χ2v) is 5.22. The highest BCUT2D eigenvalue weighted by Crippen LogP contribution is 2.21. The summed E-state index contributed by atoms with van der Waals surface area (Å²) < 4.78 is 5.07. The van der Waals surface area contributed by atoms with Gasteiger partial charge in [0.05, 0.1) is 6.61 Å². The number of piperazine rings is 1. The number of hydrogen-bond donors (Lipinski definition) is 1. The number of likely N-dealkylation sites (N-methyl/N-ethyl adjacent to an activating group) is 1. The Bertz CT molecular complexity index is 389. The summed E-state index contributed by atoms with van der Waals surface area (Å²) in [5, 5.41) is 3.44. The van der Waals surface area contributed by atoms with Gasteiger partial charge in [-0.05, 0) is 18.2 Å². The maximum Gasteiger partial charge on any atom is 0.0587 e. The summed E-state index contributed by atoms with van der Waals surface area (Å²) >= 11 is 0. The first kappa shape index (κ1) is 15.3. The van der Waals surface area contributed by atoms with E-state index in [2.05, 4.69) is 46.3 Å². The van der Waals surface area contributed by atoms with Crippen molar-refractivity contribution in [1.29, 1.82) is 0 Å². The van der Waals surface area contributed by atoms with E-state index in [0.717, 1.165) is 39.3 Å². The highest BCUT2D eigenvalue weighted by molar-refractivity contribution is 5.54. The van der Waals surface area contributed by atoms with E-state index in [4.69, 9.17) is 4.74 Å². The molecule has 0 atom stereocenters. The van der Waals surface area contributed by atoms with Gasteiger partial charge in [-0.1, -0.05) is 25.1 Å². The van der Waals surface area contributed by atoms with E-state index in [1.807, 2.05) is 0 Å². The fraction of sp³-hybridized carbons (Fsp3) is 0.625. The van der Waals surface area contributed by atoms with Gasteiger partial charge in [-0.25, -0.2) is 0 Å². The van der Waals surface area contributed by atoms with Crippen molar-refractivity contribution in [3.63, 3.8) is 0 Å². The Hall–Kier alpha value is -1.10. The van der Waals surface area contributed by atoms with Gasteiger partial charge >= 0.3 is 0 Å². The molecule has 0 unspecified atom stereocenters. The Morgan fingerprint density at radius 2 is 1.90 bits per heavy atom. The molecule has 1 aromatic rings. The van der Waals surface area contributed by atoms with Gasteiger partial charge in [-0.15, -0.1) is 0 Å². The molecule has 2 rings (SSSR count). The lowest BCUT2D eigenvalue weighted by Crippen LogP contribution is -2.46. The molecule has 1 fully saturated rings. The first-order chi connectivity index (χ1) is 9.85. The lowest BCUT2D eigenvalue weighted by Gasteiger charge is -2.36. The molecule has 20 heavy (non-hydrogen) atoms. The van der Waals surface area contributed by atoms with Crippen LogP contribution < -0.4 is 10.2 Å². The number of rotatable bonds is 7. The molecule has 0 aliphatic carbocycles. The van der Waals surface area contributed by atoms with Crippen molar-refractivity contribution in [1.82, 2.24) is 10.2 Å². The average molecular weight is 277 g/mol. The molecule has 0 spiro atoms. The zero-order valence-electron chi connectivity index (χ0n) is 12.8. The van der Waals surface area contributed by atoms with Crippen LogP contribution in [0, 0.1) is 0 Å². The van der Waals surface area contributed by atoms with E-state index in [0.29, 0.717) is 0 Å². The van der Waals surface area contributed by atoms with Gasteiger partial charge in [0.25, 0.3) is 0 Å². The Balaban J connectivity index is 1.93. The van der Waals surface area contributed by atoms with E-state index >= 15 is 0 Å². The standard InChI is InChI=1S/C16H27N3O/c1-3-18-9-11-19(12-10-18)16-7-5-4-6-15(16)14-17-8-13-20-2/h4-7,17H,3,8-14H2,1-2H3. The summed E-state index contributed by atoms with van der Waals surface area (Å²) in [6.07, 6.45) is 0. The van der Waals surface area contributed by atoms with Crippen LogP contribution in [0.3, 0.4) is 0 Å². The van der Waals surface area contributed by atoms with Crippen LogP contribution in [0.1, 0.15) is 12.5 Å². The predicted octanol–water partition coefficient (Wildman–Crippen LogP) is 1.56. The maximum absolute atomic E-state index is 5.07. The van der Waals surface area contributed by atoms with Crippen molar-refractivity contribution < 1.29 is 4.74 Å². The second-order valence-electron chi connectivity index (χ2n) is 5.22. The van der Waals surface area contributed by atoms with Crippen molar-refractivity contribution in [2.75, 3.05) is 57.9 Å². The number of benzene rings is 1. The first-order valence-corrected chi connectivity index (χ1v) is 7.60. The average Bonchev–Trinajstić information content (AvgIpc) is 2.52. The summed E-state index contributed by atoms with van der Waals surface area (Å²) in [4.78, 5) is 5.02. The molecular weight excluding hydrogens is 250 g/mol. The molecule has 0 saturated carbocycles. The molecule has 1 N–H and O–H groups in total. The molecule has 1 heterocycles. The smallest absolute Gasteiger partial charge is 0.0587 e. The Morgan fingerprint density at radius 3 is 2.60 bits per heavy atom. The van der Waals surface area contributed by atoms with Crippen molar-refractivity contribution in [3.05, 3.63) is 29.8 Å². The van der Waals surface area contributed by atoms with Crippen LogP contribution in [0.15, 0.2) is 24.3 Å². The minimum absolute atomic E-state index is 0.761. The zero-order valence-corrected chi connectivity index (χ0v) is 12.8. The highest BCUT2D eigenvalue weighted by atomic mass is 16.5. The molecule has 0 amide bonds. The molecule has 1 aliphatic rings. The summed E-state index contributed by atoms with van der Waals surface area (Å²) in [5.41, 5.74) is 2.77. The number of anilines is 1. The summed E-state index contributed by atoms with van der Waals surface area (Å²) in [6.45, 7) is 10.6. The SMILES string of the molecule is CCN1CCN(c2ccccc2CNCCOC)CC1. The van der Waals surface area contributed by atoms with Crippen molar-refractivity contribution in [2.24, 2.45) is 0 Å². The minimum Gasteiger partial charge on any atom is -0.383 e. The van der Waals surface area contributed by atoms with Crippen molar-refractivity contribution in [3.8, 4) is 0 Å². The fourth-order valence-corrected chi connectivity index (χ4v) is 2.67. The van der Waals surface area contributed by atoms with Crippen LogP contribution in [0.25, 0.3) is 0 Å². The van der Waals surface area contributed by atoms with E-state index in [1.165, 1.54) is 24.3 Å². The molecule has 0 bridgehead atoms. The van der Waals surface area contributed by atoms with Gasteiger partial charge < -0.3 is 19.9 Å². The van der Waals surface area contributed by atoms with Gasteiger partial charge in [0.2, 0.25) is 0 Å². The Labute approximate surface area is 122 Å². The number of ether oxygens (including phenoxy) is 1. The Kier molecular flexibility index (Phi) is 6.30. The molecule has 0 radical (unpaired) electrons. The van der Waals surface area contributed by atoms with Crippen LogP contribution in [-0.2, 0) is 11.3 Å². The second kappa shape index (κ2) is 8.25. The monoisotopic (exact) mass is 277 g/mol. The molecule has 112 valence electrons. The maximum atomic E-state index is 5.07. The fourth-order valence-electron chi connectivity index (χ4n) is 2.67. The normalized spacial score (nSPS) is 16.6. The number of methoxy groups -OCH3 is 1. The molecular formula is C16H27N3O. The van der Waals surface area contributed by atoms with Crippen molar-refractivity contribution >= 4 is 5.69 Å². The van der Waals surface area contributed by atoms with E-state index in [-0.39, 0.29) is 0 Å². The summed E-state index contributed by atoms with van der Waals surface area (Å²) in [6, 6.07) is 8.73. The summed E-state index contributed by atoms with van der Waals surface area (Å²) in [7, 11) is 1.74. The van der Waals surface area contributed by atoms with E-state index < -0.39 is 0 Å². The highest BCUT2D eigenvalue weighted by Gasteiger charge is 2.17. The van der Waals surface area contributed by atoms with E-state index in [9.17, 15) is 0 Å². The third-order valence-corrected chi connectivity index (χ3v) is 3.95. The van der Waals surface area contributed by atoms with Crippen LogP contribution in [0.4, 0.5) is 5.69 Å². The number of nitrogens with one attached hydrogen (secondary N) is 1. The minimum atomic E-state index is 0.761. The zero-order chi connectivity index (χ0) is 14.2. The number of nitrogens with zero attached hydrogens (tertiary/aromatic N) is 2. The molecule has 1 saturated heterocycles. The first-order valence-electron chi connectivity index (χ1n) is 7.60. The van der Waals surface area contributed by atoms with Gasteiger partial charge in [0.15, 0.2) is 0 Å². The molecule has 4 nitrogen and oxygen atoms in total. The van der Waals surface area contributed by atoms with Crippen LogP contribution in [0.5, 0.6) is 0 Å². The quantitative estimate of drug-likeness (QED) is 0.766. The van der Waals surface area contributed by atoms with Gasteiger partial charge in [-0.3, -0.25) is 0 Å². The van der Waals surface area contributed by atoms with E-state index in [1.54, 1.807) is 7.11 Å². The van der Waals surface area contributed by atoms with Crippen LogP contribution in [-0.4, -0.2) is 57.9 Å². The molecule has 1 aliphatic heterocycles. The number of para-hydroxylation sites is 1. The molecule has 1 aromatic carbocycles. The topological polar surface area (TPSA) is 27.7 Å². The number of hydrogen-bond acceptors (Lipinski definition) is 4. The summed E-state index contributed by atoms with van der Waals surface area (Å²) in [5.74, 6) is 0. The Morgan fingerprint density at radius 1 is 1.15 bits per heavy atom. The molecule has 4 heteroatoms. The van der Waals surface area contributed by atoms with Crippen molar-refractivity contribution in [2.45, 2.75) is 13.5 Å². The van der Waals surface area contributed by atoms with Crippen LogP contribution in [0.2, 0.25) is 0 Å². The third kappa shape index (κ3) is 4.20. The predicted molar refractivity (Wildman–Crippen MR) is 84.4 cm³/mol. The van der Waals surface area contributed by atoms with Gasteiger partial charge in [-0.2, -0.15) is 0 Å². The van der Waals surface area contributed by atoms with Crippen LogP contribution >= 0.6 is 0 Å². The van der Waals surface area contributed by atoms with Gasteiger partial charge in [0.1, 0.15) is 0 Å². The van der Waals surface area contributed by atoms with Gasteiger partial charge in [0, 0.05) is 52.1 Å². The lowest BCUT2D eigenvalue weighted by molar-refractivity contribution is 0.199.